The molecule has 0 saturated heterocycles. The normalized spacial score (nSPS) is 16.1. The molecule has 7 nitrogen and oxygen atoms in total. The lowest BCUT2D eigenvalue weighted by atomic mass is 9.91. The second kappa shape index (κ2) is 9.33. The van der Waals surface area contributed by atoms with E-state index in [1.165, 1.54) is 29.3 Å². The SMILES string of the molecule is CC(C)N(C(=N)N1CC(c2ccccc2)C(c2ccncc2)=N1)S(=O)(=O)c1ccc(Cl)cc1. The lowest BCUT2D eigenvalue weighted by Crippen LogP contribution is -2.48. The van der Waals surface area contributed by atoms with Gasteiger partial charge in [-0.05, 0) is 55.8 Å². The molecule has 0 amide bonds. The average Bonchev–Trinajstić information content (AvgIpc) is 3.26. The fourth-order valence-corrected chi connectivity index (χ4v) is 5.54. The van der Waals surface area contributed by atoms with Crippen LogP contribution in [0.2, 0.25) is 5.02 Å². The molecule has 4 rings (SSSR count). The lowest BCUT2D eigenvalue weighted by molar-refractivity contribution is 0.375. The van der Waals surface area contributed by atoms with Crippen LogP contribution in [0.1, 0.15) is 30.9 Å². The number of hydrazone groups is 1. The Kier molecular flexibility index (Phi) is 6.49. The van der Waals surface area contributed by atoms with Crippen LogP contribution in [0.3, 0.4) is 0 Å². The summed E-state index contributed by atoms with van der Waals surface area (Å²) in [5.41, 5.74) is 2.69. The third-order valence-corrected chi connectivity index (χ3v) is 7.62. The molecular weight excluding hydrogens is 458 g/mol. The zero-order valence-corrected chi connectivity index (χ0v) is 19.8. The number of halogens is 1. The number of hydrogen-bond donors (Lipinski definition) is 1. The van der Waals surface area contributed by atoms with Gasteiger partial charge in [0.15, 0.2) is 0 Å². The van der Waals surface area contributed by atoms with E-state index in [0.717, 1.165) is 21.1 Å². The fraction of sp³-hybridized carbons (Fsp3) is 0.208. The van der Waals surface area contributed by atoms with E-state index in [-0.39, 0.29) is 16.8 Å². The Labute approximate surface area is 198 Å². The van der Waals surface area contributed by atoms with Crippen molar-refractivity contribution >= 4 is 33.3 Å². The Morgan fingerprint density at radius 2 is 1.70 bits per heavy atom. The number of nitrogens with zero attached hydrogens (tertiary/aromatic N) is 4. The van der Waals surface area contributed by atoms with Gasteiger partial charge in [0.05, 0.1) is 17.2 Å². The summed E-state index contributed by atoms with van der Waals surface area (Å²) in [5.74, 6) is -0.328. The first-order chi connectivity index (χ1) is 15.8. The summed E-state index contributed by atoms with van der Waals surface area (Å²) >= 11 is 5.94. The van der Waals surface area contributed by atoms with Gasteiger partial charge < -0.3 is 0 Å². The first-order valence-corrected chi connectivity index (χ1v) is 12.3. The molecular formula is C24H24ClN5O2S. The summed E-state index contributed by atoms with van der Waals surface area (Å²) in [5, 5.41) is 15.5. The molecule has 0 aliphatic carbocycles. The first kappa shape index (κ1) is 22.9. The van der Waals surface area contributed by atoms with Gasteiger partial charge in [-0.3, -0.25) is 10.4 Å². The molecule has 1 aromatic heterocycles. The quantitative estimate of drug-likeness (QED) is 0.427. The number of benzene rings is 2. The van der Waals surface area contributed by atoms with Crippen molar-refractivity contribution < 1.29 is 8.42 Å². The Bertz CT molecular complexity index is 1260. The third kappa shape index (κ3) is 4.62. The Morgan fingerprint density at radius 3 is 2.30 bits per heavy atom. The van der Waals surface area contributed by atoms with Gasteiger partial charge in [-0.2, -0.15) is 5.10 Å². The molecule has 1 N–H and O–H groups in total. The van der Waals surface area contributed by atoms with E-state index < -0.39 is 16.1 Å². The molecule has 1 unspecified atom stereocenters. The van der Waals surface area contributed by atoms with E-state index in [9.17, 15) is 8.42 Å². The highest BCUT2D eigenvalue weighted by Crippen LogP contribution is 2.30. The van der Waals surface area contributed by atoms with Gasteiger partial charge in [-0.15, -0.1) is 0 Å². The topological polar surface area (TPSA) is 89.7 Å². The molecule has 0 fully saturated rings. The number of aromatic nitrogens is 1. The van der Waals surface area contributed by atoms with Crippen LogP contribution < -0.4 is 0 Å². The van der Waals surface area contributed by atoms with Crippen molar-refractivity contribution in [2.24, 2.45) is 5.10 Å². The second-order valence-electron chi connectivity index (χ2n) is 7.94. The minimum Gasteiger partial charge on any atom is -0.267 e. The van der Waals surface area contributed by atoms with Crippen molar-refractivity contribution in [3.63, 3.8) is 0 Å². The Balaban J connectivity index is 1.72. The number of pyridine rings is 1. The standard InChI is InChI=1S/C24H24ClN5O2S/c1-17(2)30(33(31,32)21-10-8-20(25)9-11-21)24(26)29-16-22(18-6-4-3-5-7-18)23(28-29)19-12-14-27-15-13-19/h3-15,17,22,26H,16H2,1-2H3. The van der Waals surface area contributed by atoms with Crippen molar-refractivity contribution in [1.82, 2.24) is 14.3 Å². The summed E-state index contributed by atoms with van der Waals surface area (Å²) in [6.07, 6.45) is 3.39. The van der Waals surface area contributed by atoms with Crippen LogP contribution in [0.25, 0.3) is 0 Å². The van der Waals surface area contributed by atoms with E-state index >= 15 is 0 Å². The van der Waals surface area contributed by atoms with Gasteiger partial charge in [-0.25, -0.2) is 17.7 Å². The van der Waals surface area contributed by atoms with Crippen LogP contribution >= 0.6 is 11.6 Å². The highest BCUT2D eigenvalue weighted by molar-refractivity contribution is 7.89. The number of sulfonamides is 1. The van der Waals surface area contributed by atoms with E-state index in [0.29, 0.717) is 11.6 Å². The number of hydrogen-bond acceptors (Lipinski definition) is 5. The summed E-state index contributed by atoms with van der Waals surface area (Å²) in [7, 11) is -3.99. The van der Waals surface area contributed by atoms with E-state index in [4.69, 9.17) is 22.1 Å². The molecule has 2 aromatic carbocycles. The number of nitrogens with one attached hydrogen (secondary N) is 1. The zero-order valence-electron chi connectivity index (χ0n) is 18.3. The summed E-state index contributed by atoms with van der Waals surface area (Å²) in [6.45, 7) is 3.82. The monoisotopic (exact) mass is 481 g/mol. The van der Waals surface area contributed by atoms with Gasteiger partial charge in [0.25, 0.3) is 10.0 Å². The highest BCUT2D eigenvalue weighted by Gasteiger charge is 2.37. The predicted molar refractivity (Wildman–Crippen MR) is 130 cm³/mol. The van der Waals surface area contributed by atoms with Crippen LogP contribution in [0, 0.1) is 5.41 Å². The van der Waals surface area contributed by atoms with E-state index in [2.05, 4.69) is 4.98 Å². The molecule has 1 aliphatic heterocycles. The Morgan fingerprint density at radius 1 is 1.06 bits per heavy atom. The zero-order chi connectivity index (χ0) is 23.6. The molecule has 0 saturated carbocycles. The van der Waals surface area contributed by atoms with Crippen molar-refractivity contribution in [2.75, 3.05) is 6.54 Å². The average molecular weight is 482 g/mol. The van der Waals surface area contributed by atoms with Crippen LogP contribution in [0.5, 0.6) is 0 Å². The summed E-state index contributed by atoms with van der Waals surface area (Å²) in [6, 6.07) is 19.1. The Hall–Kier alpha value is -3.23. The summed E-state index contributed by atoms with van der Waals surface area (Å²) < 4.78 is 28.0. The first-order valence-electron chi connectivity index (χ1n) is 10.5. The smallest absolute Gasteiger partial charge is 0.266 e. The van der Waals surface area contributed by atoms with Crippen LogP contribution in [0.4, 0.5) is 0 Å². The maximum absolute atomic E-state index is 13.4. The predicted octanol–water partition coefficient (Wildman–Crippen LogP) is 4.57. The van der Waals surface area contributed by atoms with Gasteiger partial charge in [0.2, 0.25) is 5.96 Å². The molecule has 0 bridgehead atoms. The van der Waals surface area contributed by atoms with Gasteiger partial charge in [0.1, 0.15) is 0 Å². The fourth-order valence-electron chi connectivity index (χ4n) is 3.83. The molecule has 1 aliphatic rings. The van der Waals surface area contributed by atoms with Crippen LogP contribution in [-0.4, -0.2) is 47.0 Å². The van der Waals surface area contributed by atoms with Crippen LogP contribution in [-0.2, 0) is 10.0 Å². The van der Waals surface area contributed by atoms with Gasteiger partial charge in [0, 0.05) is 34.9 Å². The molecule has 33 heavy (non-hydrogen) atoms. The van der Waals surface area contributed by atoms with Crippen molar-refractivity contribution in [1.29, 1.82) is 5.41 Å². The number of rotatable bonds is 5. The van der Waals surface area contributed by atoms with E-state index in [1.54, 1.807) is 26.2 Å². The lowest BCUT2D eigenvalue weighted by Gasteiger charge is -2.31. The van der Waals surface area contributed by atoms with Crippen molar-refractivity contribution in [2.45, 2.75) is 30.7 Å². The van der Waals surface area contributed by atoms with Gasteiger partial charge >= 0.3 is 0 Å². The molecule has 9 heteroatoms. The maximum atomic E-state index is 13.4. The largest absolute Gasteiger partial charge is 0.267 e. The third-order valence-electron chi connectivity index (χ3n) is 5.38. The molecule has 1 atom stereocenters. The highest BCUT2D eigenvalue weighted by atomic mass is 35.5. The molecule has 3 aromatic rings. The molecule has 0 radical (unpaired) electrons. The van der Waals surface area contributed by atoms with Crippen LogP contribution in [0.15, 0.2) is 89.1 Å². The molecule has 0 spiro atoms. The molecule has 170 valence electrons. The second-order valence-corrected chi connectivity index (χ2v) is 10.2. The van der Waals surface area contributed by atoms with Crippen molar-refractivity contribution in [3.8, 4) is 0 Å². The maximum Gasteiger partial charge on any atom is 0.266 e. The van der Waals surface area contributed by atoms with Crippen molar-refractivity contribution in [3.05, 3.63) is 95.3 Å². The minimum atomic E-state index is -3.99. The van der Waals surface area contributed by atoms with E-state index in [1.807, 2.05) is 42.5 Å². The minimum absolute atomic E-state index is 0.0718. The molecule has 2 heterocycles. The summed E-state index contributed by atoms with van der Waals surface area (Å²) in [4.78, 5) is 4.16. The van der Waals surface area contributed by atoms with Gasteiger partial charge in [-0.1, -0.05) is 41.9 Å². The number of guanidine groups is 1.